The van der Waals surface area contributed by atoms with Gasteiger partial charge < -0.3 is 10.1 Å². The quantitative estimate of drug-likeness (QED) is 0.889. The summed E-state index contributed by atoms with van der Waals surface area (Å²) in [4.78, 5) is 0. The highest BCUT2D eigenvalue weighted by Crippen LogP contribution is 2.22. The standard InChI is InChI=1S/C12H16BrNO/c1-9-4-5-10(13)7-12(9)14-11-3-2-6-15-8-11/h4-5,7,11,14H,2-3,6,8H2,1H3. The number of halogens is 1. The van der Waals surface area contributed by atoms with Gasteiger partial charge in [-0.3, -0.25) is 0 Å². The maximum absolute atomic E-state index is 5.45. The number of anilines is 1. The summed E-state index contributed by atoms with van der Waals surface area (Å²) >= 11 is 3.49. The molecule has 1 aromatic carbocycles. The molecule has 2 nitrogen and oxygen atoms in total. The van der Waals surface area contributed by atoms with E-state index in [-0.39, 0.29) is 0 Å². The Morgan fingerprint density at radius 3 is 3.07 bits per heavy atom. The molecule has 0 amide bonds. The second kappa shape index (κ2) is 4.99. The van der Waals surface area contributed by atoms with Crippen LogP contribution >= 0.6 is 15.9 Å². The second-order valence-corrected chi connectivity index (χ2v) is 4.93. The van der Waals surface area contributed by atoms with Crippen LogP contribution in [0, 0.1) is 6.92 Å². The smallest absolute Gasteiger partial charge is 0.0667 e. The van der Waals surface area contributed by atoms with Crippen LogP contribution in [0.25, 0.3) is 0 Å². The Balaban J connectivity index is 2.05. The van der Waals surface area contributed by atoms with Crippen molar-refractivity contribution in [3.05, 3.63) is 28.2 Å². The average molecular weight is 270 g/mol. The molecule has 1 saturated heterocycles. The van der Waals surface area contributed by atoms with Gasteiger partial charge in [0.1, 0.15) is 0 Å². The van der Waals surface area contributed by atoms with Gasteiger partial charge in [-0.2, -0.15) is 0 Å². The van der Waals surface area contributed by atoms with Gasteiger partial charge in [-0.15, -0.1) is 0 Å². The van der Waals surface area contributed by atoms with Gasteiger partial charge in [0.25, 0.3) is 0 Å². The SMILES string of the molecule is Cc1ccc(Br)cc1NC1CCCOC1. The van der Waals surface area contributed by atoms with E-state index in [2.05, 4.69) is 46.4 Å². The van der Waals surface area contributed by atoms with Crippen molar-refractivity contribution >= 4 is 21.6 Å². The molecule has 1 heterocycles. The molecular formula is C12H16BrNO. The van der Waals surface area contributed by atoms with E-state index in [1.54, 1.807) is 0 Å². The van der Waals surface area contributed by atoms with E-state index in [0.29, 0.717) is 6.04 Å². The van der Waals surface area contributed by atoms with Gasteiger partial charge in [0.05, 0.1) is 6.61 Å². The molecule has 0 aromatic heterocycles. The lowest BCUT2D eigenvalue weighted by Gasteiger charge is -2.25. The number of hydrogen-bond acceptors (Lipinski definition) is 2. The summed E-state index contributed by atoms with van der Waals surface area (Å²) in [5.41, 5.74) is 2.49. The largest absolute Gasteiger partial charge is 0.380 e. The van der Waals surface area contributed by atoms with E-state index in [0.717, 1.165) is 24.1 Å². The summed E-state index contributed by atoms with van der Waals surface area (Å²) in [6, 6.07) is 6.78. The highest BCUT2D eigenvalue weighted by molar-refractivity contribution is 9.10. The van der Waals surface area contributed by atoms with Crippen LogP contribution in [0.3, 0.4) is 0 Å². The Morgan fingerprint density at radius 1 is 1.47 bits per heavy atom. The van der Waals surface area contributed by atoms with Crippen LogP contribution in [0.5, 0.6) is 0 Å². The van der Waals surface area contributed by atoms with Crippen LogP contribution in [0.1, 0.15) is 18.4 Å². The molecule has 0 bridgehead atoms. The van der Waals surface area contributed by atoms with Crippen LogP contribution in [0.15, 0.2) is 22.7 Å². The lowest BCUT2D eigenvalue weighted by molar-refractivity contribution is 0.0876. The Kier molecular flexibility index (Phi) is 3.65. The number of rotatable bonds is 2. The second-order valence-electron chi connectivity index (χ2n) is 4.02. The maximum Gasteiger partial charge on any atom is 0.0667 e. The third kappa shape index (κ3) is 2.95. The summed E-state index contributed by atoms with van der Waals surface area (Å²) in [6.45, 7) is 3.86. The normalized spacial score (nSPS) is 21.3. The summed E-state index contributed by atoms with van der Waals surface area (Å²) in [6.07, 6.45) is 2.36. The first-order valence-corrected chi connectivity index (χ1v) is 6.15. The molecule has 0 saturated carbocycles. The topological polar surface area (TPSA) is 21.3 Å². The summed E-state index contributed by atoms with van der Waals surface area (Å²) in [7, 11) is 0. The molecule has 82 valence electrons. The molecule has 2 rings (SSSR count). The van der Waals surface area contributed by atoms with Crippen molar-refractivity contribution in [1.29, 1.82) is 0 Å². The zero-order valence-corrected chi connectivity index (χ0v) is 10.5. The molecule has 1 unspecified atom stereocenters. The Hall–Kier alpha value is -0.540. The summed E-state index contributed by atoms with van der Waals surface area (Å²) < 4.78 is 6.57. The molecule has 3 heteroatoms. The Labute approximate surface area is 99.1 Å². The maximum atomic E-state index is 5.45. The number of nitrogens with one attached hydrogen (secondary N) is 1. The summed E-state index contributed by atoms with van der Waals surface area (Å²) in [5.74, 6) is 0. The zero-order valence-electron chi connectivity index (χ0n) is 8.92. The van der Waals surface area contributed by atoms with Gasteiger partial charge >= 0.3 is 0 Å². The van der Waals surface area contributed by atoms with E-state index in [1.165, 1.54) is 17.7 Å². The number of ether oxygens (including phenoxy) is 1. The first-order chi connectivity index (χ1) is 7.25. The lowest BCUT2D eigenvalue weighted by Crippen LogP contribution is -2.30. The van der Waals surface area contributed by atoms with Gasteiger partial charge in [0.15, 0.2) is 0 Å². The van der Waals surface area contributed by atoms with Crippen LogP contribution in [0.4, 0.5) is 5.69 Å². The van der Waals surface area contributed by atoms with Crippen LogP contribution in [-0.4, -0.2) is 19.3 Å². The average Bonchev–Trinajstić information content (AvgIpc) is 2.25. The molecule has 0 spiro atoms. The Morgan fingerprint density at radius 2 is 2.33 bits per heavy atom. The van der Waals surface area contributed by atoms with E-state index < -0.39 is 0 Å². The van der Waals surface area contributed by atoms with Crippen molar-refractivity contribution < 1.29 is 4.74 Å². The third-order valence-corrected chi connectivity index (χ3v) is 3.21. The van der Waals surface area contributed by atoms with E-state index in [9.17, 15) is 0 Å². The van der Waals surface area contributed by atoms with Gasteiger partial charge in [-0.05, 0) is 37.5 Å². The van der Waals surface area contributed by atoms with Gasteiger partial charge in [0, 0.05) is 22.8 Å². The monoisotopic (exact) mass is 269 g/mol. The van der Waals surface area contributed by atoms with Crippen molar-refractivity contribution in [2.75, 3.05) is 18.5 Å². The van der Waals surface area contributed by atoms with Crippen LogP contribution < -0.4 is 5.32 Å². The van der Waals surface area contributed by atoms with E-state index in [1.807, 2.05) is 0 Å². The first kappa shape index (κ1) is 11.0. The van der Waals surface area contributed by atoms with E-state index in [4.69, 9.17) is 4.74 Å². The molecular weight excluding hydrogens is 254 g/mol. The molecule has 15 heavy (non-hydrogen) atoms. The minimum Gasteiger partial charge on any atom is -0.380 e. The Bertz CT molecular complexity index is 334. The minimum atomic E-state index is 0.465. The van der Waals surface area contributed by atoms with Crippen molar-refractivity contribution in [2.24, 2.45) is 0 Å². The highest BCUT2D eigenvalue weighted by atomic mass is 79.9. The zero-order chi connectivity index (χ0) is 10.7. The van der Waals surface area contributed by atoms with Crippen LogP contribution in [-0.2, 0) is 4.74 Å². The first-order valence-electron chi connectivity index (χ1n) is 5.36. The van der Waals surface area contributed by atoms with Gasteiger partial charge in [-0.25, -0.2) is 0 Å². The molecule has 0 aliphatic carbocycles. The fraction of sp³-hybridized carbons (Fsp3) is 0.500. The molecule has 1 aromatic rings. The molecule has 0 radical (unpaired) electrons. The van der Waals surface area contributed by atoms with Crippen molar-refractivity contribution in [2.45, 2.75) is 25.8 Å². The van der Waals surface area contributed by atoms with Crippen LogP contribution in [0.2, 0.25) is 0 Å². The predicted octanol–water partition coefficient (Wildman–Crippen LogP) is 3.35. The summed E-state index contributed by atoms with van der Waals surface area (Å²) in [5, 5.41) is 3.53. The minimum absolute atomic E-state index is 0.465. The molecule has 1 fully saturated rings. The number of benzene rings is 1. The molecule has 1 aliphatic heterocycles. The number of aryl methyl sites for hydroxylation is 1. The molecule has 1 aliphatic rings. The fourth-order valence-electron chi connectivity index (χ4n) is 1.82. The fourth-order valence-corrected chi connectivity index (χ4v) is 2.19. The lowest BCUT2D eigenvalue weighted by atomic mass is 10.1. The third-order valence-electron chi connectivity index (χ3n) is 2.72. The van der Waals surface area contributed by atoms with Crippen molar-refractivity contribution in [3.8, 4) is 0 Å². The van der Waals surface area contributed by atoms with Gasteiger partial charge in [-0.1, -0.05) is 22.0 Å². The van der Waals surface area contributed by atoms with E-state index >= 15 is 0 Å². The number of hydrogen-bond donors (Lipinski definition) is 1. The van der Waals surface area contributed by atoms with Crippen molar-refractivity contribution in [1.82, 2.24) is 0 Å². The highest BCUT2D eigenvalue weighted by Gasteiger charge is 2.14. The predicted molar refractivity (Wildman–Crippen MR) is 66.3 cm³/mol. The molecule has 1 N–H and O–H groups in total. The molecule has 1 atom stereocenters. The van der Waals surface area contributed by atoms with Crippen molar-refractivity contribution in [3.63, 3.8) is 0 Å². The van der Waals surface area contributed by atoms with Gasteiger partial charge in [0.2, 0.25) is 0 Å².